The summed E-state index contributed by atoms with van der Waals surface area (Å²) < 4.78 is 0. The molecule has 0 bridgehead atoms. The van der Waals surface area contributed by atoms with E-state index in [9.17, 15) is 4.79 Å². The van der Waals surface area contributed by atoms with Crippen molar-refractivity contribution in [3.05, 3.63) is 64.9 Å². The molecule has 0 unspecified atom stereocenters. The number of rotatable bonds is 6. The van der Waals surface area contributed by atoms with E-state index in [4.69, 9.17) is 11.6 Å². The van der Waals surface area contributed by atoms with Gasteiger partial charge in [-0.05, 0) is 29.3 Å². The van der Waals surface area contributed by atoms with Gasteiger partial charge in [-0.1, -0.05) is 29.8 Å². The molecule has 1 aliphatic rings. The number of carbonyl (C=O) groups is 1. The fraction of sp³-hybridized carbons (Fsp3) is 0.368. The molecule has 1 aromatic carbocycles. The third kappa shape index (κ3) is 5.53. The van der Waals surface area contributed by atoms with Crippen LogP contribution in [0.25, 0.3) is 0 Å². The van der Waals surface area contributed by atoms with Crippen molar-refractivity contribution in [2.45, 2.75) is 13.1 Å². The number of hydrogen-bond donors (Lipinski definition) is 1. The van der Waals surface area contributed by atoms with Crippen molar-refractivity contribution in [1.82, 2.24) is 20.1 Å². The Kier molecular flexibility index (Phi) is 6.39. The Bertz CT molecular complexity index is 687. The highest BCUT2D eigenvalue weighted by Gasteiger charge is 2.19. The van der Waals surface area contributed by atoms with Crippen LogP contribution < -0.4 is 5.32 Å². The molecule has 1 aliphatic heterocycles. The first-order chi connectivity index (χ1) is 12.2. The maximum Gasteiger partial charge on any atom is 0.234 e. The minimum absolute atomic E-state index is 0.0440. The zero-order valence-electron chi connectivity index (χ0n) is 14.2. The summed E-state index contributed by atoms with van der Waals surface area (Å²) in [5.41, 5.74) is 2.22. The molecular formula is C19H23ClN4O. The number of aromatic nitrogens is 1. The molecule has 1 amide bonds. The van der Waals surface area contributed by atoms with Crippen LogP contribution in [0.5, 0.6) is 0 Å². The molecule has 0 atom stereocenters. The number of nitrogens with one attached hydrogen (secondary N) is 1. The van der Waals surface area contributed by atoms with Crippen molar-refractivity contribution in [2.75, 3.05) is 32.7 Å². The summed E-state index contributed by atoms with van der Waals surface area (Å²) in [4.78, 5) is 20.8. The minimum atomic E-state index is 0.0440. The molecule has 2 aromatic rings. The summed E-state index contributed by atoms with van der Waals surface area (Å²) in [7, 11) is 0. The minimum Gasteiger partial charge on any atom is -0.351 e. The van der Waals surface area contributed by atoms with Gasteiger partial charge in [-0.3, -0.25) is 19.6 Å². The Balaban J connectivity index is 1.38. The summed E-state index contributed by atoms with van der Waals surface area (Å²) in [6.45, 7) is 5.61. The predicted octanol–water partition coefficient (Wildman–Crippen LogP) is 2.17. The van der Waals surface area contributed by atoms with Gasteiger partial charge >= 0.3 is 0 Å². The molecule has 25 heavy (non-hydrogen) atoms. The molecule has 5 nitrogen and oxygen atoms in total. The molecule has 1 N–H and O–H groups in total. The van der Waals surface area contributed by atoms with Crippen molar-refractivity contribution in [3.63, 3.8) is 0 Å². The molecular weight excluding hydrogens is 336 g/mol. The molecule has 1 aromatic heterocycles. The lowest BCUT2D eigenvalue weighted by molar-refractivity contribution is -0.122. The van der Waals surface area contributed by atoms with E-state index in [1.807, 2.05) is 36.7 Å². The lowest BCUT2D eigenvalue weighted by Gasteiger charge is -2.34. The Hall–Kier alpha value is -1.95. The first-order valence-electron chi connectivity index (χ1n) is 8.54. The van der Waals surface area contributed by atoms with Gasteiger partial charge in [0.05, 0.1) is 6.54 Å². The highest BCUT2D eigenvalue weighted by molar-refractivity contribution is 6.31. The maximum absolute atomic E-state index is 12.2. The second-order valence-corrected chi connectivity index (χ2v) is 6.68. The molecule has 132 valence electrons. The number of benzene rings is 1. The van der Waals surface area contributed by atoms with Crippen molar-refractivity contribution in [1.29, 1.82) is 0 Å². The number of hydrogen-bond acceptors (Lipinski definition) is 4. The summed E-state index contributed by atoms with van der Waals surface area (Å²) in [5.74, 6) is 0.0440. The second-order valence-electron chi connectivity index (χ2n) is 6.28. The van der Waals surface area contributed by atoms with E-state index in [1.54, 1.807) is 0 Å². The first kappa shape index (κ1) is 17.9. The maximum atomic E-state index is 12.2. The Morgan fingerprint density at radius 3 is 2.44 bits per heavy atom. The molecule has 0 saturated carbocycles. The largest absolute Gasteiger partial charge is 0.351 e. The molecule has 3 rings (SSSR count). The predicted molar refractivity (Wildman–Crippen MR) is 99.3 cm³/mol. The molecule has 0 spiro atoms. The lowest BCUT2D eigenvalue weighted by Crippen LogP contribution is -2.49. The van der Waals surface area contributed by atoms with Gasteiger partial charge in [0.25, 0.3) is 0 Å². The number of carbonyl (C=O) groups excluding carboxylic acids is 1. The smallest absolute Gasteiger partial charge is 0.234 e. The zero-order chi connectivity index (χ0) is 17.5. The number of amides is 1. The SMILES string of the molecule is O=C(CN1CCN(Cc2ccncc2)CC1)NCc1ccccc1Cl. The van der Waals surface area contributed by atoms with Gasteiger partial charge in [0.1, 0.15) is 0 Å². The Morgan fingerprint density at radius 1 is 1.04 bits per heavy atom. The normalized spacial score (nSPS) is 15.9. The van der Waals surface area contributed by atoms with Gasteiger partial charge in [-0.25, -0.2) is 0 Å². The summed E-state index contributed by atoms with van der Waals surface area (Å²) in [6.07, 6.45) is 3.66. The third-order valence-electron chi connectivity index (χ3n) is 4.42. The van der Waals surface area contributed by atoms with Gasteiger partial charge in [-0.15, -0.1) is 0 Å². The fourth-order valence-electron chi connectivity index (χ4n) is 2.95. The van der Waals surface area contributed by atoms with E-state index in [-0.39, 0.29) is 5.91 Å². The highest BCUT2D eigenvalue weighted by atomic mass is 35.5. The summed E-state index contributed by atoms with van der Waals surface area (Å²) in [6, 6.07) is 11.7. The topological polar surface area (TPSA) is 48.5 Å². The number of piperazine rings is 1. The average Bonchev–Trinajstić information content (AvgIpc) is 2.64. The van der Waals surface area contributed by atoms with Gasteiger partial charge in [0, 0.05) is 56.7 Å². The molecule has 2 heterocycles. The van der Waals surface area contributed by atoms with Crippen LogP contribution in [0.3, 0.4) is 0 Å². The first-order valence-corrected chi connectivity index (χ1v) is 8.92. The van der Waals surface area contributed by atoms with Gasteiger partial charge < -0.3 is 5.32 Å². The van der Waals surface area contributed by atoms with Crippen molar-refractivity contribution in [3.8, 4) is 0 Å². The fourth-order valence-corrected chi connectivity index (χ4v) is 3.15. The lowest BCUT2D eigenvalue weighted by atomic mass is 10.2. The van der Waals surface area contributed by atoms with E-state index in [1.165, 1.54) is 5.56 Å². The standard InChI is InChI=1S/C19H23ClN4O/c20-18-4-2-1-3-17(18)13-22-19(25)15-24-11-9-23(10-12-24)14-16-5-7-21-8-6-16/h1-8H,9-15H2,(H,22,25). The second kappa shape index (κ2) is 8.94. The van der Waals surface area contributed by atoms with Crippen molar-refractivity contribution < 1.29 is 4.79 Å². The van der Waals surface area contributed by atoms with Crippen LogP contribution in [0.1, 0.15) is 11.1 Å². The van der Waals surface area contributed by atoms with Crippen molar-refractivity contribution in [2.24, 2.45) is 0 Å². The van der Waals surface area contributed by atoms with Crippen molar-refractivity contribution >= 4 is 17.5 Å². The number of halogens is 1. The van der Waals surface area contributed by atoms with Crippen LogP contribution in [0.2, 0.25) is 5.02 Å². The van der Waals surface area contributed by atoms with E-state index in [0.29, 0.717) is 18.1 Å². The van der Waals surface area contributed by atoms with Crippen LogP contribution in [-0.4, -0.2) is 53.4 Å². The Morgan fingerprint density at radius 2 is 1.72 bits per heavy atom. The average molecular weight is 359 g/mol. The van der Waals surface area contributed by atoms with E-state index in [0.717, 1.165) is 38.3 Å². The molecule has 1 fully saturated rings. The van der Waals surface area contributed by atoms with Crippen LogP contribution in [-0.2, 0) is 17.9 Å². The molecule has 0 radical (unpaired) electrons. The van der Waals surface area contributed by atoms with Gasteiger partial charge in [0.15, 0.2) is 0 Å². The monoisotopic (exact) mass is 358 g/mol. The van der Waals surface area contributed by atoms with Crippen LogP contribution in [0.4, 0.5) is 0 Å². The molecule has 0 aliphatic carbocycles. The molecule has 1 saturated heterocycles. The summed E-state index contributed by atoms with van der Waals surface area (Å²) >= 11 is 6.11. The number of pyridine rings is 1. The quantitative estimate of drug-likeness (QED) is 0.859. The third-order valence-corrected chi connectivity index (χ3v) is 4.79. The molecule has 6 heteroatoms. The van der Waals surface area contributed by atoms with Crippen LogP contribution in [0, 0.1) is 0 Å². The van der Waals surface area contributed by atoms with E-state index in [2.05, 4.69) is 32.2 Å². The summed E-state index contributed by atoms with van der Waals surface area (Å²) in [5, 5.41) is 3.64. The zero-order valence-corrected chi connectivity index (χ0v) is 15.0. The highest BCUT2D eigenvalue weighted by Crippen LogP contribution is 2.14. The van der Waals surface area contributed by atoms with E-state index >= 15 is 0 Å². The van der Waals surface area contributed by atoms with Crippen LogP contribution >= 0.6 is 11.6 Å². The Labute approximate surface area is 153 Å². The van der Waals surface area contributed by atoms with Crippen LogP contribution in [0.15, 0.2) is 48.8 Å². The number of nitrogens with zero attached hydrogens (tertiary/aromatic N) is 3. The van der Waals surface area contributed by atoms with Gasteiger partial charge in [0.2, 0.25) is 5.91 Å². The van der Waals surface area contributed by atoms with Gasteiger partial charge in [-0.2, -0.15) is 0 Å². The van der Waals surface area contributed by atoms with E-state index < -0.39 is 0 Å².